The molecule has 1 aromatic carbocycles. The number of cyclic esters (lactones) is 1. The lowest BCUT2D eigenvalue weighted by molar-refractivity contribution is -0.137. The van der Waals surface area contributed by atoms with Crippen molar-refractivity contribution in [3.05, 3.63) is 29.8 Å². The van der Waals surface area contributed by atoms with Crippen LogP contribution in [0.4, 0.5) is 0 Å². The molecule has 108 valence electrons. The molecule has 1 N–H and O–H groups in total. The Morgan fingerprint density at radius 3 is 2.76 bits per heavy atom. The molecule has 1 aliphatic rings. The van der Waals surface area contributed by atoms with Crippen LogP contribution in [0.25, 0.3) is 5.69 Å². The number of carboxylic acid groups (broad SMARTS) is 1. The third-order valence-corrected chi connectivity index (χ3v) is 4.11. The first-order valence-electron chi connectivity index (χ1n) is 6.10. The molecule has 0 amide bonds. The second-order valence-corrected chi connectivity index (χ2v) is 5.46. The first kappa shape index (κ1) is 13.6. The zero-order valence-electron chi connectivity index (χ0n) is 10.7. The van der Waals surface area contributed by atoms with Crippen molar-refractivity contribution in [1.29, 1.82) is 0 Å². The summed E-state index contributed by atoms with van der Waals surface area (Å²) in [5.74, 6) is -1.27. The summed E-state index contributed by atoms with van der Waals surface area (Å²) in [5.41, 5.74) is 0.805. The Bertz CT molecular complexity index is 685. The van der Waals surface area contributed by atoms with Crippen molar-refractivity contribution >= 4 is 23.7 Å². The highest BCUT2D eigenvalue weighted by Crippen LogP contribution is 2.28. The van der Waals surface area contributed by atoms with Gasteiger partial charge in [0.05, 0.1) is 17.9 Å². The predicted molar refractivity (Wildman–Crippen MR) is 71.3 cm³/mol. The number of tetrazole rings is 1. The highest BCUT2D eigenvalue weighted by atomic mass is 32.2. The Balaban J connectivity index is 1.84. The Morgan fingerprint density at radius 2 is 2.14 bits per heavy atom. The van der Waals surface area contributed by atoms with Crippen molar-refractivity contribution in [2.45, 2.75) is 16.8 Å². The van der Waals surface area contributed by atoms with Gasteiger partial charge < -0.3 is 9.84 Å². The Hall–Kier alpha value is -2.42. The molecule has 1 fully saturated rings. The van der Waals surface area contributed by atoms with Crippen molar-refractivity contribution in [2.24, 2.45) is 0 Å². The summed E-state index contributed by atoms with van der Waals surface area (Å²) < 4.78 is 6.36. The maximum absolute atomic E-state index is 11.5. The number of ether oxygens (including phenoxy) is 1. The van der Waals surface area contributed by atoms with E-state index >= 15 is 0 Å². The van der Waals surface area contributed by atoms with Gasteiger partial charge in [0.15, 0.2) is 0 Å². The van der Waals surface area contributed by atoms with Crippen LogP contribution in [0.3, 0.4) is 0 Å². The van der Waals surface area contributed by atoms with E-state index in [2.05, 4.69) is 15.5 Å². The van der Waals surface area contributed by atoms with Gasteiger partial charge in [-0.2, -0.15) is 4.68 Å². The molecule has 1 atom stereocenters. The van der Waals surface area contributed by atoms with Gasteiger partial charge in [-0.15, -0.1) is 5.10 Å². The minimum atomic E-state index is -0.999. The fourth-order valence-electron chi connectivity index (χ4n) is 1.87. The van der Waals surface area contributed by atoms with E-state index in [-0.39, 0.29) is 16.8 Å². The molecule has 0 spiro atoms. The molecule has 8 nitrogen and oxygen atoms in total. The molecule has 0 saturated carbocycles. The average molecular weight is 306 g/mol. The van der Waals surface area contributed by atoms with Gasteiger partial charge in [0, 0.05) is 6.42 Å². The van der Waals surface area contributed by atoms with Crippen LogP contribution in [0.15, 0.2) is 29.4 Å². The molecule has 2 aromatic rings. The Labute approximate surface area is 123 Å². The van der Waals surface area contributed by atoms with E-state index in [4.69, 9.17) is 9.84 Å². The fourth-order valence-corrected chi connectivity index (χ4v) is 2.83. The molecule has 2 heterocycles. The maximum atomic E-state index is 11.5. The summed E-state index contributed by atoms with van der Waals surface area (Å²) in [6.07, 6.45) is 0.619. The van der Waals surface area contributed by atoms with E-state index in [0.29, 0.717) is 23.9 Å². The second-order valence-electron chi connectivity index (χ2n) is 4.29. The van der Waals surface area contributed by atoms with Gasteiger partial charge in [-0.05, 0) is 34.7 Å². The molecule has 21 heavy (non-hydrogen) atoms. The standard InChI is InChI=1S/C12H10N4O4S/c17-10(18)7-1-3-8(4-2-7)16-12(13-14-15-16)21-9-5-6-20-11(9)19/h1-4,9H,5-6H2,(H,17,18)/t9-/m1/s1. The van der Waals surface area contributed by atoms with Gasteiger partial charge in [0.2, 0.25) is 5.16 Å². The third kappa shape index (κ3) is 2.72. The molecular formula is C12H10N4O4S. The maximum Gasteiger partial charge on any atom is 0.335 e. The van der Waals surface area contributed by atoms with Crippen molar-refractivity contribution in [3.63, 3.8) is 0 Å². The summed E-state index contributed by atoms with van der Waals surface area (Å²) >= 11 is 1.23. The van der Waals surface area contributed by atoms with Crippen LogP contribution < -0.4 is 0 Å². The summed E-state index contributed by atoms with van der Waals surface area (Å²) in [6, 6.07) is 6.16. The lowest BCUT2D eigenvalue weighted by Crippen LogP contribution is -2.11. The molecule has 0 aliphatic carbocycles. The average Bonchev–Trinajstić information content (AvgIpc) is 3.09. The van der Waals surface area contributed by atoms with Crippen LogP contribution in [-0.2, 0) is 9.53 Å². The van der Waals surface area contributed by atoms with E-state index in [0.717, 1.165) is 0 Å². The van der Waals surface area contributed by atoms with E-state index in [1.807, 2.05) is 0 Å². The number of aromatic nitrogens is 4. The second kappa shape index (κ2) is 5.52. The van der Waals surface area contributed by atoms with Crippen LogP contribution in [-0.4, -0.2) is 49.1 Å². The number of rotatable bonds is 4. The van der Waals surface area contributed by atoms with E-state index in [1.54, 1.807) is 12.1 Å². The minimum absolute atomic E-state index is 0.181. The highest BCUT2D eigenvalue weighted by molar-refractivity contribution is 8.00. The number of hydrogen-bond donors (Lipinski definition) is 1. The number of hydrogen-bond acceptors (Lipinski definition) is 7. The molecule has 9 heteroatoms. The van der Waals surface area contributed by atoms with Crippen LogP contribution in [0.1, 0.15) is 16.8 Å². The van der Waals surface area contributed by atoms with Gasteiger partial charge >= 0.3 is 11.9 Å². The summed E-state index contributed by atoms with van der Waals surface area (Å²) in [5, 5.41) is 20.4. The minimum Gasteiger partial charge on any atom is -0.478 e. The Kier molecular flexibility index (Phi) is 3.57. The van der Waals surface area contributed by atoms with Gasteiger partial charge in [0.1, 0.15) is 5.25 Å². The van der Waals surface area contributed by atoms with E-state index < -0.39 is 5.97 Å². The molecule has 0 unspecified atom stereocenters. The summed E-state index contributed by atoms with van der Waals surface area (Å²) in [6.45, 7) is 0.408. The molecule has 1 saturated heterocycles. The molecular weight excluding hydrogens is 296 g/mol. The molecule has 3 rings (SSSR count). The number of thioether (sulfide) groups is 1. The van der Waals surface area contributed by atoms with Crippen LogP contribution in [0, 0.1) is 0 Å². The lowest BCUT2D eigenvalue weighted by atomic mass is 10.2. The van der Waals surface area contributed by atoms with Gasteiger partial charge in [-0.25, -0.2) is 4.79 Å². The Morgan fingerprint density at radius 1 is 1.38 bits per heavy atom. The largest absolute Gasteiger partial charge is 0.478 e. The topological polar surface area (TPSA) is 107 Å². The normalized spacial score (nSPS) is 17.7. The van der Waals surface area contributed by atoms with Crippen molar-refractivity contribution in [2.75, 3.05) is 6.61 Å². The number of nitrogens with zero attached hydrogens (tertiary/aromatic N) is 4. The zero-order valence-corrected chi connectivity index (χ0v) is 11.5. The molecule has 0 radical (unpaired) electrons. The predicted octanol–water partition coefficient (Wildman–Crippen LogP) is 0.768. The molecule has 0 bridgehead atoms. The quantitative estimate of drug-likeness (QED) is 0.825. The van der Waals surface area contributed by atoms with Gasteiger partial charge in [-0.3, -0.25) is 4.79 Å². The molecule has 1 aromatic heterocycles. The fraction of sp³-hybridized carbons (Fsp3) is 0.250. The van der Waals surface area contributed by atoms with Gasteiger partial charge in [0.25, 0.3) is 0 Å². The van der Waals surface area contributed by atoms with E-state index in [9.17, 15) is 9.59 Å². The summed E-state index contributed by atoms with van der Waals surface area (Å²) in [4.78, 5) is 22.3. The van der Waals surface area contributed by atoms with E-state index in [1.165, 1.54) is 28.6 Å². The highest BCUT2D eigenvalue weighted by Gasteiger charge is 2.29. The SMILES string of the molecule is O=C(O)c1ccc(-n2nnnc2S[C@@H]2CCOC2=O)cc1. The van der Waals surface area contributed by atoms with Crippen molar-refractivity contribution in [3.8, 4) is 5.69 Å². The van der Waals surface area contributed by atoms with Crippen LogP contribution >= 0.6 is 11.8 Å². The third-order valence-electron chi connectivity index (χ3n) is 2.93. The van der Waals surface area contributed by atoms with Crippen LogP contribution in [0.2, 0.25) is 0 Å². The number of esters is 1. The monoisotopic (exact) mass is 306 g/mol. The number of carboxylic acids is 1. The first-order chi connectivity index (χ1) is 10.1. The van der Waals surface area contributed by atoms with Crippen LogP contribution in [0.5, 0.6) is 0 Å². The van der Waals surface area contributed by atoms with Crippen molar-refractivity contribution in [1.82, 2.24) is 20.2 Å². The zero-order chi connectivity index (χ0) is 14.8. The number of benzene rings is 1. The number of carbonyl (C=O) groups is 2. The van der Waals surface area contributed by atoms with Crippen molar-refractivity contribution < 1.29 is 19.4 Å². The summed E-state index contributed by atoms with van der Waals surface area (Å²) in [7, 11) is 0. The number of carbonyl (C=O) groups excluding carboxylic acids is 1. The lowest BCUT2D eigenvalue weighted by Gasteiger charge is -2.06. The molecule has 1 aliphatic heterocycles. The number of aromatic carboxylic acids is 1. The van der Waals surface area contributed by atoms with Gasteiger partial charge in [-0.1, -0.05) is 11.8 Å². The first-order valence-corrected chi connectivity index (χ1v) is 6.98. The smallest absolute Gasteiger partial charge is 0.335 e.